The van der Waals surface area contributed by atoms with Crippen molar-refractivity contribution in [1.29, 1.82) is 0 Å². The summed E-state index contributed by atoms with van der Waals surface area (Å²) in [6.45, 7) is 2.03. The van der Waals surface area contributed by atoms with Crippen molar-refractivity contribution >= 4 is 5.91 Å². The Labute approximate surface area is 174 Å². The zero-order valence-electron chi connectivity index (χ0n) is 16.8. The molecular formula is C24H23N3O3. The van der Waals surface area contributed by atoms with E-state index in [0.717, 1.165) is 23.2 Å². The molecule has 0 radical (unpaired) electrons. The topological polar surface area (TPSA) is 64.4 Å². The molecule has 5 rings (SSSR count). The van der Waals surface area contributed by atoms with Gasteiger partial charge in [0, 0.05) is 54.6 Å². The van der Waals surface area contributed by atoms with E-state index in [1.807, 2.05) is 51.9 Å². The van der Waals surface area contributed by atoms with Crippen LogP contribution in [0.15, 0.2) is 65.7 Å². The van der Waals surface area contributed by atoms with E-state index in [9.17, 15) is 9.59 Å². The fourth-order valence-corrected chi connectivity index (χ4v) is 4.82. The van der Waals surface area contributed by atoms with Gasteiger partial charge in [-0.3, -0.25) is 14.6 Å². The van der Waals surface area contributed by atoms with Crippen molar-refractivity contribution in [3.05, 3.63) is 82.5 Å². The molecule has 0 unspecified atom stereocenters. The number of rotatable bonds is 3. The van der Waals surface area contributed by atoms with Gasteiger partial charge in [0.2, 0.25) is 0 Å². The van der Waals surface area contributed by atoms with Crippen molar-refractivity contribution in [2.75, 3.05) is 20.2 Å². The first-order valence-electron chi connectivity index (χ1n) is 10.2. The summed E-state index contributed by atoms with van der Waals surface area (Å²) in [5.41, 5.74) is 3.72. The van der Waals surface area contributed by atoms with E-state index in [4.69, 9.17) is 4.74 Å². The number of aromatic nitrogens is 2. The molecule has 30 heavy (non-hydrogen) atoms. The van der Waals surface area contributed by atoms with E-state index in [-0.39, 0.29) is 17.4 Å². The molecule has 2 aliphatic heterocycles. The van der Waals surface area contributed by atoms with Gasteiger partial charge in [-0.15, -0.1) is 0 Å². The van der Waals surface area contributed by atoms with E-state index in [0.29, 0.717) is 36.9 Å². The zero-order valence-corrected chi connectivity index (χ0v) is 16.8. The number of hydrogen-bond donors (Lipinski definition) is 0. The van der Waals surface area contributed by atoms with Crippen LogP contribution in [0, 0.1) is 5.92 Å². The molecule has 4 heterocycles. The Morgan fingerprint density at radius 3 is 2.70 bits per heavy atom. The predicted molar refractivity (Wildman–Crippen MR) is 114 cm³/mol. The number of amides is 1. The summed E-state index contributed by atoms with van der Waals surface area (Å²) in [4.78, 5) is 31.4. The number of carbonyl (C=O) groups excluding carboxylic acids is 1. The average Bonchev–Trinajstić information content (AvgIpc) is 2.79. The number of piperidine rings is 1. The quantitative estimate of drug-likeness (QED) is 0.676. The van der Waals surface area contributed by atoms with Gasteiger partial charge in [0.15, 0.2) is 0 Å². The number of nitrogens with zero attached hydrogens (tertiary/aromatic N) is 3. The number of likely N-dealkylation sites (tertiary alicyclic amines) is 1. The van der Waals surface area contributed by atoms with Crippen molar-refractivity contribution in [1.82, 2.24) is 14.5 Å². The second kappa shape index (κ2) is 7.44. The van der Waals surface area contributed by atoms with Crippen molar-refractivity contribution in [3.8, 4) is 16.9 Å². The monoisotopic (exact) mass is 401 g/mol. The number of benzene rings is 1. The van der Waals surface area contributed by atoms with Crippen molar-refractivity contribution in [2.45, 2.75) is 18.9 Å². The smallest absolute Gasteiger partial charge is 0.253 e. The molecule has 2 aliphatic rings. The van der Waals surface area contributed by atoms with Crippen LogP contribution in [0.2, 0.25) is 0 Å². The molecule has 2 aromatic heterocycles. The van der Waals surface area contributed by atoms with Crippen LogP contribution >= 0.6 is 0 Å². The molecule has 0 N–H and O–H groups in total. The maximum atomic E-state index is 13.2. The Balaban J connectivity index is 1.38. The summed E-state index contributed by atoms with van der Waals surface area (Å²) in [6, 6.07) is 15.0. The van der Waals surface area contributed by atoms with Crippen LogP contribution < -0.4 is 10.3 Å². The van der Waals surface area contributed by atoms with Crippen LogP contribution in [0.5, 0.6) is 5.75 Å². The van der Waals surface area contributed by atoms with Gasteiger partial charge in [0.1, 0.15) is 5.75 Å². The highest BCUT2D eigenvalue weighted by atomic mass is 16.5. The van der Waals surface area contributed by atoms with Crippen molar-refractivity contribution < 1.29 is 9.53 Å². The number of pyridine rings is 2. The van der Waals surface area contributed by atoms with Gasteiger partial charge in [-0.05, 0) is 42.2 Å². The van der Waals surface area contributed by atoms with Gasteiger partial charge in [-0.25, -0.2) is 0 Å². The first-order chi connectivity index (χ1) is 14.6. The zero-order chi connectivity index (χ0) is 20.7. The highest BCUT2D eigenvalue weighted by Gasteiger charge is 2.36. The molecule has 0 spiro atoms. The molecule has 3 aromatic rings. The Kier molecular flexibility index (Phi) is 4.62. The van der Waals surface area contributed by atoms with Crippen LogP contribution in [-0.2, 0) is 6.54 Å². The highest BCUT2D eigenvalue weighted by Crippen LogP contribution is 2.35. The van der Waals surface area contributed by atoms with E-state index < -0.39 is 0 Å². The van der Waals surface area contributed by atoms with Crippen molar-refractivity contribution in [3.63, 3.8) is 0 Å². The summed E-state index contributed by atoms with van der Waals surface area (Å²) in [7, 11) is 1.62. The first-order valence-corrected chi connectivity index (χ1v) is 10.2. The molecule has 1 amide bonds. The molecule has 2 atom stereocenters. The Morgan fingerprint density at radius 1 is 1.07 bits per heavy atom. The minimum atomic E-state index is 0.0460. The third kappa shape index (κ3) is 3.18. The maximum absolute atomic E-state index is 13.2. The van der Waals surface area contributed by atoms with Crippen LogP contribution in [0.4, 0.5) is 0 Å². The molecular weight excluding hydrogens is 378 g/mol. The number of fused-ring (bicyclic) bond motifs is 4. The van der Waals surface area contributed by atoms with Gasteiger partial charge < -0.3 is 14.2 Å². The standard InChI is InChI=1S/C24H23N3O3/c1-30-22-12-25-10-9-20(22)17-5-7-18(8-6-17)24(29)26-13-16-11-19(15-26)21-3-2-4-23(28)27(21)14-16/h2-10,12,16,19H,11,13-15H2,1H3/t16-,19+/m0/s1. The van der Waals surface area contributed by atoms with Gasteiger partial charge in [-0.2, -0.15) is 0 Å². The number of carbonyl (C=O) groups is 1. The average molecular weight is 401 g/mol. The normalized spacial score (nSPS) is 19.8. The maximum Gasteiger partial charge on any atom is 0.253 e. The lowest BCUT2D eigenvalue weighted by Crippen LogP contribution is -2.49. The van der Waals surface area contributed by atoms with E-state index in [2.05, 4.69) is 4.98 Å². The van der Waals surface area contributed by atoms with Crippen LogP contribution in [0.25, 0.3) is 11.1 Å². The van der Waals surface area contributed by atoms with E-state index in [1.165, 1.54) is 0 Å². The summed E-state index contributed by atoms with van der Waals surface area (Å²) < 4.78 is 7.28. The number of hydrogen-bond acceptors (Lipinski definition) is 4. The molecule has 6 heteroatoms. The fourth-order valence-electron chi connectivity index (χ4n) is 4.82. The molecule has 0 aliphatic carbocycles. The van der Waals surface area contributed by atoms with E-state index >= 15 is 0 Å². The molecule has 1 fully saturated rings. The SMILES string of the molecule is COc1cnccc1-c1ccc(C(=O)N2C[C@@H]3C[C@H](C2)c2cccc(=O)n2C3)cc1. The third-order valence-corrected chi connectivity index (χ3v) is 6.21. The van der Waals surface area contributed by atoms with Crippen LogP contribution in [-0.4, -0.2) is 40.6 Å². The third-order valence-electron chi connectivity index (χ3n) is 6.21. The highest BCUT2D eigenvalue weighted by molar-refractivity contribution is 5.95. The van der Waals surface area contributed by atoms with E-state index in [1.54, 1.807) is 25.6 Å². The lowest BCUT2D eigenvalue weighted by Gasteiger charge is -2.42. The molecule has 1 saturated heterocycles. The van der Waals surface area contributed by atoms with Gasteiger partial charge in [0.05, 0.1) is 13.3 Å². The fraction of sp³-hybridized carbons (Fsp3) is 0.292. The van der Waals surface area contributed by atoms with Crippen LogP contribution in [0.3, 0.4) is 0 Å². The first kappa shape index (κ1) is 18.6. The molecule has 6 nitrogen and oxygen atoms in total. The number of methoxy groups -OCH3 is 1. The molecule has 152 valence electrons. The molecule has 2 bridgehead atoms. The van der Waals surface area contributed by atoms with Crippen molar-refractivity contribution in [2.24, 2.45) is 5.92 Å². The lowest BCUT2D eigenvalue weighted by atomic mass is 9.83. The summed E-state index contributed by atoms with van der Waals surface area (Å²) >= 11 is 0. The molecule has 1 aromatic carbocycles. The Bertz CT molecular complexity index is 1150. The summed E-state index contributed by atoms with van der Waals surface area (Å²) in [6.07, 6.45) is 4.45. The van der Waals surface area contributed by atoms with Crippen LogP contribution in [0.1, 0.15) is 28.4 Å². The Hall–Kier alpha value is -3.41. The summed E-state index contributed by atoms with van der Waals surface area (Å²) in [5.74, 6) is 1.29. The largest absolute Gasteiger partial charge is 0.494 e. The lowest BCUT2D eigenvalue weighted by molar-refractivity contribution is 0.0594. The minimum absolute atomic E-state index is 0.0460. The second-order valence-electron chi connectivity index (χ2n) is 8.06. The van der Waals surface area contributed by atoms with Gasteiger partial charge in [0.25, 0.3) is 11.5 Å². The second-order valence-corrected chi connectivity index (χ2v) is 8.06. The predicted octanol–water partition coefficient (Wildman–Crippen LogP) is 3.18. The minimum Gasteiger partial charge on any atom is -0.494 e. The summed E-state index contributed by atoms with van der Waals surface area (Å²) in [5, 5.41) is 0. The van der Waals surface area contributed by atoms with Gasteiger partial charge >= 0.3 is 0 Å². The Morgan fingerprint density at radius 2 is 1.90 bits per heavy atom. The van der Waals surface area contributed by atoms with Gasteiger partial charge in [-0.1, -0.05) is 18.2 Å². The number of ether oxygens (including phenoxy) is 1. The molecule has 0 saturated carbocycles.